The van der Waals surface area contributed by atoms with Crippen LogP contribution in [0.2, 0.25) is 0 Å². The maximum atomic E-state index is 13.3. The van der Waals surface area contributed by atoms with E-state index in [-0.39, 0.29) is 29.0 Å². The third-order valence-corrected chi connectivity index (χ3v) is 6.78. The molecule has 196 valence electrons. The van der Waals surface area contributed by atoms with Crippen molar-refractivity contribution in [3.8, 4) is 22.8 Å². The molecule has 2 fully saturated rings. The van der Waals surface area contributed by atoms with Crippen LogP contribution in [0.3, 0.4) is 0 Å². The number of imidazole rings is 1. The lowest BCUT2D eigenvalue weighted by atomic mass is 9.96. The second-order valence-corrected chi connectivity index (χ2v) is 9.30. The van der Waals surface area contributed by atoms with E-state index in [1.165, 1.54) is 13.2 Å². The van der Waals surface area contributed by atoms with Crippen molar-refractivity contribution in [3.05, 3.63) is 47.8 Å². The minimum absolute atomic E-state index is 0.0288. The smallest absolute Gasteiger partial charge is 0.387 e. The molecule has 5 rings (SSSR count). The molecule has 2 N–H and O–H groups in total. The van der Waals surface area contributed by atoms with Crippen LogP contribution >= 0.6 is 0 Å². The Balaban J connectivity index is 1.49. The Hall–Kier alpha value is -3.73. The van der Waals surface area contributed by atoms with Gasteiger partial charge in [0.1, 0.15) is 22.7 Å². The average molecular weight is 515 g/mol. The lowest BCUT2D eigenvalue weighted by molar-refractivity contribution is -0.123. The highest BCUT2D eigenvalue weighted by Crippen LogP contribution is 2.48. The number of methoxy groups -OCH3 is 2. The van der Waals surface area contributed by atoms with E-state index in [1.807, 2.05) is 12.1 Å². The van der Waals surface area contributed by atoms with Gasteiger partial charge in [0, 0.05) is 31.5 Å². The first-order valence-corrected chi connectivity index (χ1v) is 12.1. The van der Waals surface area contributed by atoms with Gasteiger partial charge in [-0.25, -0.2) is 4.98 Å². The molecule has 1 aromatic carbocycles. The van der Waals surface area contributed by atoms with Gasteiger partial charge in [-0.15, -0.1) is 0 Å². The van der Waals surface area contributed by atoms with E-state index in [1.54, 1.807) is 30.0 Å². The third kappa shape index (κ3) is 4.95. The molecule has 2 amide bonds. The molecule has 0 bridgehead atoms. The molecule has 3 aromatic rings. The monoisotopic (exact) mass is 514 g/mol. The summed E-state index contributed by atoms with van der Waals surface area (Å²) in [6.45, 7) is -2.25. The number of nitrogens with zero attached hydrogens (tertiary/aromatic N) is 2. The molecule has 2 aromatic heterocycles. The molecule has 37 heavy (non-hydrogen) atoms. The van der Waals surface area contributed by atoms with Gasteiger partial charge in [0.2, 0.25) is 5.91 Å². The van der Waals surface area contributed by atoms with Crippen molar-refractivity contribution in [1.29, 1.82) is 0 Å². The number of aromatic nitrogens is 2. The fraction of sp³-hybridized carbons (Fsp3) is 0.423. The van der Waals surface area contributed by atoms with Crippen LogP contribution in [-0.2, 0) is 14.9 Å². The van der Waals surface area contributed by atoms with Crippen molar-refractivity contribution < 1.29 is 32.6 Å². The Labute approximate surface area is 212 Å². The van der Waals surface area contributed by atoms with Gasteiger partial charge < -0.3 is 24.8 Å². The number of hydrogen-bond acceptors (Lipinski definition) is 6. The van der Waals surface area contributed by atoms with E-state index < -0.39 is 17.9 Å². The number of amides is 2. The fourth-order valence-corrected chi connectivity index (χ4v) is 4.50. The Morgan fingerprint density at radius 2 is 1.95 bits per heavy atom. The molecular weight excluding hydrogens is 486 g/mol. The number of hydrogen-bond donors (Lipinski definition) is 2. The topological polar surface area (TPSA) is 103 Å². The van der Waals surface area contributed by atoms with E-state index in [4.69, 9.17) is 14.2 Å². The van der Waals surface area contributed by atoms with Crippen LogP contribution in [0.25, 0.3) is 16.9 Å². The summed E-state index contributed by atoms with van der Waals surface area (Å²) in [7, 11) is 2.95. The Kier molecular flexibility index (Phi) is 6.72. The van der Waals surface area contributed by atoms with E-state index in [2.05, 4.69) is 15.6 Å². The normalized spacial score (nSPS) is 16.0. The van der Waals surface area contributed by atoms with Gasteiger partial charge >= 0.3 is 6.61 Å². The molecule has 2 aliphatic rings. The molecule has 2 heterocycles. The zero-order valence-electron chi connectivity index (χ0n) is 20.6. The lowest BCUT2D eigenvalue weighted by Crippen LogP contribution is -2.36. The van der Waals surface area contributed by atoms with E-state index in [9.17, 15) is 18.4 Å². The molecule has 0 unspecified atom stereocenters. The second kappa shape index (κ2) is 9.97. The highest BCUT2D eigenvalue weighted by molar-refractivity contribution is 6.01. The molecule has 0 spiro atoms. The SMILES string of the molecule is COCCNC(=O)C1(c2ccn3c(-c4cc(OC)c(C(=O)NC5CC5)c(OC(F)F)c4)cnc3c2)CC1. The summed E-state index contributed by atoms with van der Waals surface area (Å²) in [6, 6.07) is 6.74. The summed E-state index contributed by atoms with van der Waals surface area (Å²) in [5.74, 6) is -0.733. The van der Waals surface area contributed by atoms with Crippen LogP contribution in [0, 0.1) is 0 Å². The number of halogens is 2. The number of pyridine rings is 1. The number of ether oxygens (including phenoxy) is 3. The highest BCUT2D eigenvalue weighted by atomic mass is 19.3. The molecule has 11 heteroatoms. The van der Waals surface area contributed by atoms with Crippen molar-refractivity contribution in [3.63, 3.8) is 0 Å². The lowest BCUT2D eigenvalue weighted by Gasteiger charge is -2.17. The zero-order valence-corrected chi connectivity index (χ0v) is 20.6. The van der Waals surface area contributed by atoms with Gasteiger partial charge in [0.15, 0.2) is 0 Å². The van der Waals surface area contributed by atoms with Crippen molar-refractivity contribution in [2.75, 3.05) is 27.4 Å². The van der Waals surface area contributed by atoms with Gasteiger partial charge in [-0.1, -0.05) is 0 Å². The van der Waals surface area contributed by atoms with Crippen molar-refractivity contribution >= 4 is 17.5 Å². The van der Waals surface area contributed by atoms with Gasteiger partial charge in [0.25, 0.3) is 5.91 Å². The fourth-order valence-electron chi connectivity index (χ4n) is 4.50. The summed E-state index contributed by atoms with van der Waals surface area (Å²) < 4.78 is 43.5. The number of carbonyl (C=O) groups excluding carboxylic acids is 2. The van der Waals surface area contributed by atoms with Crippen LogP contribution in [0.4, 0.5) is 8.78 Å². The molecule has 2 aliphatic carbocycles. The number of rotatable bonds is 11. The number of alkyl halides is 2. The Morgan fingerprint density at radius 1 is 1.19 bits per heavy atom. The molecule has 9 nitrogen and oxygen atoms in total. The first-order chi connectivity index (χ1) is 17.9. The van der Waals surface area contributed by atoms with E-state index in [0.29, 0.717) is 30.1 Å². The van der Waals surface area contributed by atoms with E-state index in [0.717, 1.165) is 31.2 Å². The highest BCUT2D eigenvalue weighted by Gasteiger charge is 2.51. The second-order valence-electron chi connectivity index (χ2n) is 9.30. The molecule has 0 radical (unpaired) electrons. The van der Waals surface area contributed by atoms with Crippen LogP contribution in [0.1, 0.15) is 41.6 Å². The first kappa shape index (κ1) is 24.9. The number of fused-ring (bicyclic) bond motifs is 1. The first-order valence-electron chi connectivity index (χ1n) is 12.1. The molecule has 0 atom stereocenters. The third-order valence-electron chi connectivity index (χ3n) is 6.78. The van der Waals surface area contributed by atoms with Crippen LogP contribution < -0.4 is 20.1 Å². The number of carbonyl (C=O) groups is 2. The van der Waals surface area contributed by atoms with E-state index >= 15 is 0 Å². The number of benzene rings is 1. The summed E-state index contributed by atoms with van der Waals surface area (Å²) in [6.07, 6.45) is 6.57. The standard InChI is InChI=1S/C26H28F2N4O5/c1-35-10-8-29-24(34)26(6-7-26)16-5-9-32-18(14-30-21(32)13-16)15-11-19(36-2)22(20(12-15)37-25(27)28)23(33)31-17-3-4-17/h5,9,11-14,17,25H,3-4,6-8,10H2,1-2H3,(H,29,34)(H,31,33). The van der Waals surface area contributed by atoms with Crippen LogP contribution in [0.15, 0.2) is 36.7 Å². The Morgan fingerprint density at radius 3 is 2.59 bits per heavy atom. The average Bonchev–Trinajstić information content (AvgIpc) is 3.81. The molecule has 0 saturated heterocycles. The van der Waals surface area contributed by atoms with Crippen LogP contribution in [0.5, 0.6) is 11.5 Å². The number of nitrogens with one attached hydrogen (secondary N) is 2. The maximum absolute atomic E-state index is 13.3. The van der Waals surface area contributed by atoms with Gasteiger partial charge in [-0.2, -0.15) is 8.78 Å². The summed E-state index contributed by atoms with van der Waals surface area (Å²) in [4.78, 5) is 30.1. The summed E-state index contributed by atoms with van der Waals surface area (Å²) >= 11 is 0. The minimum atomic E-state index is -3.12. The van der Waals surface area contributed by atoms with Gasteiger partial charge in [-0.3, -0.25) is 14.0 Å². The van der Waals surface area contributed by atoms with Crippen molar-refractivity contribution in [2.24, 2.45) is 0 Å². The molecule has 2 saturated carbocycles. The van der Waals surface area contributed by atoms with Gasteiger partial charge in [-0.05, 0) is 55.5 Å². The summed E-state index contributed by atoms with van der Waals surface area (Å²) in [5.41, 5.74) is 1.86. The maximum Gasteiger partial charge on any atom is 0.387 e. The molecule has 0 aliphatic heterocycles. The van der Waals surface area contributed by atoms with Gasteiger partial charge in [0.05, 0.1) is 31.0 Å². The van der Waals surface area contributed by atoms with Crippen molar-refractivity contribution in [2.45, 2.75) is 43.8 Å². The largest absolute Gasteiger partial charge is 0.496 e. The van der Waals surface area contributed by atoms with Crippen molar-refractivity contribution in [1.82, 2.24) is 20.0 Å². The molecular formula is C26H28F2N4O5. The Bertz CT molecular complexity index is 1330. The minimum Gasteiger partial charge on any atom is -0.496 e. The summed E-state index contributed by atoms with van der Waals surface area (Å²) in [5, 5.41) is 5.71. The zero-order chi connectivity index (χ0) is 26.2. The predicted molar refractivity (Wildman–Crippen MR) is 130 cm³/mol. The van der Waals surface area contributed by atoms with Crippen LogP contribution in [-0.4, -0.2) is 61.2 Å². The quantitative estimate of drug-likeness (QED) is 0.381. The predicted octanol–water partition coefficient (Wildman–Crippen LogP) is 3.30.